The smallest absolute Gasteiger partial charge is 0.172 e. The lowest BCUT2D eigenvalue weighted by Crippen LogP contribution is -2.24. The topological polar surface area (TPSA) is 61.8 Å². The molecule has 1 aliphatic carbocycles. The van der Waals surface area contributed by atoms with Crippen LogP contribution < -0.4 is 10.6 Å². The average Bonchev–Trinajstić information content (AvgIpc) is 3.11. The van der Waals surface area contributed by atoms with E-state index in [0.29, 0.717) is 6.04 Å². The number of hydrogen-bond donors (Lipinski definition) is 2. The first-order valence-corrected chi connectivity index (χ1v) is 5.04. The fourth-order valence-electron chi connectivity index (χ4n) is 1.71. The normalized spacial score (nSPS) is 16.5. The summed E-state index contributed by atoms with van der Waals surface area (Å²) in [6.07, 6.45) is 2.45. The van der Waals surface area contributed by atoms with Crippen molar-refractivity contribution in [2.75, 3.05) is 11.9 Å². The first-order valence-electron chi connectivity index (χ1n) is 5.04. The van der Waals surface area contributed by atoms with E-state index in [1.54, 1.807) is 0 Å². The molecule has 4 nitrogen and oxygen atoms in total. The van der Waals surface area contributed by atoms with Gasteiger partial charge in [-0.05, 0) is 25.0 Å². The summed E-state index contributed by atoms with van der Waals surface area (Å²) in [5, 5.41) is 11.7. The van der Waals surface area contributed by atoms with E-state index in [4.69, 9.17) is 10.9 Å². The van der Waals surface area contributed by atoms with Crippen LogP contribution in [0.1, 0.15) is 18.4 Å². The van der Waals surface area contributed by atoms with Crippen LogP contribution in [-0.2, 0) is 0 Å². The van der Waals surface area contributed by atoms with Gasteiger partial charge < -0.3 is 15.8 Å². The third-order valence-electron chi connectivity index (χ3n) is 2.76. The Labute approximate surface area is 89.0 Å². The summed E-state index contributed by atoms with van der Waals surface area (Å²) in [5.41, 5.74) is 7.44. The van der Waals surface area contributed by atoms with Crippen LogP contribution >= 0.6 is 0 Å². The van der Waals surface area contributed by atoms with Gasteiger partial charge in [0.1, 0.15) is 0 Å². The number of para-hydroxylation sites is 1. The minimum absolute atomic E-state index is 0.165. The van der Waals surface area contributed by atoms with Crippen LogP contribution in [0.3, 0.4) is 0 Å². The van der Waals surface area contributed by atoms with Crippen molar-refractivity contribution in [1.82, 2.24) is 0 Å². The first kappa shape index (κ1) is 9.83. The molecule has 4 heteroatoms. The highest BCUT2D eigenvalue weighted by atomic mass is 16.4. The van der Waals surface area contributed by atoms with Crippen molar-refractivity contribution >= 4 is 11.5 Å². The van der Waals surface area contributed by atoms with Gasteiger partial charge in [-0.2, -0.15) is 0 Å². The summed E-state index contributed by atoms with van der Waals surface area (Å²) in [7, 11) is 2.04. The maximum Gasteiger partial charge on any atom is 0.172 e. The molecule has 0 amide bonds. The third-order valence-corrected chi connectivity index (χ3v) is 2.76. The predicted molar refractivity (Wildman–Crippen MR) is 60.4 cm³/mol. The number of nitrogens with two attached hydrogens (primary N) is 1. The molecule has 0 radical (unpaired) electrons. The van der Waals surface area contributed by atoms with E-state index in [2.05, 4.69) is 10.1 Å². The monoisotopic (exact) mass is 205 g/mol. The van der Waals surface area contributed by atoms with E-state index in [0.717, 1.165) is 11.3 Å². The molecule has 1 aliphatic rings. The lowest BCUT2D eigenvalue weighted by atomic mass is 10.1. The molecule has 2 rings (SSSR count). The molecular formula is C11H15N3O. The fraction of sp³-hybridized carbons (Fsp3) is 0.364. The second-order valence-corrected chi connectivity index (χ2v) is 3.84. The Kier molecular flexibility index (Phi) is 2.49. The van der Waals surface area contributed by atoms with E-state index in [-0.39, 0.29) is 5.84 Å². The molecule has 1 saturated carbocycles. The summed E-state index contributed by atoms with van der Waals surface area (Å²) in [6, 6.07) is 8.31. The minimum atomic E-state index is 0.165. The molecular weight excluding hydrogens is 190 g/mol. The number of amidine groups is 1. The fourth-order valence-corrected chi connectivity index (χ4v) is 1.71. The van der Waals surface area contributed by atoms with Crippen LogP contribution in [0.25, 0.3) is 0 Å². The van der Waals surface area contributed by atoms with Crippen LogP contribution in [0.2, 0.25) is 0 Å². The Morgan fingerprint density at radius 3 is 2.73 bits per heavy atom. The van der Waals surface area contributed by atoms with Crippen LogP contribution in [0, 0.1) is 0 Å². The van der Waals surface area contributed by atoms with Gasteiger partial charge in [-0.3, -0.25) is 0 Å². The Hall–Kier alpha value is -1.71. The Balaban J connectivity index is 2.36. The lowest BCUT2D eigenvalue weighted by molar-refractivity contribution is 0.318. The third kappa shape index (κ3) is 1.88. The molecule has 0 aromatic heterocycles. The van der Waals surface area contributed by atoms with Gasteiger partial charge in [-0.1, -0.05) is 17.3 Å². The van der Waals surface area contributed by atoms with Gasteiger partial charge in [0.05, 0.1) is 0 Å². The van der Waals surface area contributed by atoms with Crippen LogP contribution in [0.4, 0.5) is 5.69 Å². The van der Waals surface area contributed by atoms with E-state index in [1.807, 2.05) is 31.3 Å². The van der Waals surface area contributed by atoms with Gasteiger partial charge in [-0.15, -0.1) is 0 Å². The predicted octanol–water partition coefficient (Wildman–Crippen LogP) is 1.38. The maximum atomic E-state index is 8.69. The highest BCUT2D eigenvalue weighted by Gasteiger charge is 2.27. The molecule has 1 aromatic carbocycles. The number of nitrogens with zero attached hydrogens (tertiary/aromatic N) is 2. The van der Waals surface area contributed by atoms with Crippen LogP contribution in [0.5, 0.6) is 0 Å². The van der Waals surface area contributed by atoms with E-state index < -0.39 is 0 Å². The molecule has 80 valence electrons. The average molecular weight is 205 g/mol. The van der Waals surface area contributed by atoms with Crippen molar-refractivity contribution in [1.29, 1.82) is 0 Å². The maximum absolute atomic E-state index is 8.69. The van der Waals surface area contributed by atoms with Gasteiger partial charge >= 0.3 is 0 Å². The van der Waals surface area contributed by atoms with E-state index in [9.17, 15) is 0 Å². The molecule has 15 heavy (non-hydrogen) atoms. The second kappa shape index (κ2) is 3.81. The molecule has 1 aromatic rings. The summed E-state index contributed by atoms with van der Waals surface area (Å²) < 4.78 is 0. The largest absolute Gasteiger partial charge is 0.409 e. The molecule has 0 saturated heterocycles. The Bertz CT molecular complexity index is 385. The molecule has 0 aliphatic heterocycles. The van der Waals surface area contributed by atoms with Gasteiger partial charge in [0, 0.05) is 24.3 Å². The number of rotatable bonds is 3. The quantitative estimate of drug-likeness (QED) is 0.339. The summed E-state index contributed by atoms with van der Waals surface area (Å²) >= 11 is 0. The summed E-state index contributed by atoms with van der Waals surface area (Å²) in [4.78, 5) is 2.19. The second-order valence-electron chi connectivity index (χ2n) is 3.84. The standard InChI is InChI=1S/C11H15N3O/c1-14(8-6-7-8)10-5-3-2-4-9(10)11(12)13-15/h2-5,8,15H,6-7H2,1H3,(H2,12,13). The number of anilines is 1. The van der Waals surface area contributed by atoms with E-state index >= 15 is 0 Å². The van der Waals surface area contributed by atoms with Crippen molar-refractivity contribution in [3.05, 3.63) is 29.8 Å². The minimum Gasteiger partial charge on any atom is -0.409 e. The Morgan fingerprint density at radius 1 is 1.47 bits per heavy atom. The van der Waals surface area contributed by atoms with Crippen molar-refractivity contribution < 1.29 is 5.21 Å². The number of oxime groups is 1. The molecule has 1 fully saturated rings. The molecule has 0 bridgehead atoms. The summed E-state index contributed by atoms with van der Waals surface area (Å²) in [5.74, 6) is 0.165. The first-order chi connectivity index (χ1) is 7.24. The highest BCUT2D eigenvalue weighted by Crippen LogP contribution is 2.31. The van der Waals surface area contributed by atoms with Gasteiger partial charge in [0.15, 0.2) is 5.84 Å². The zero-order valence-corrected chi connectivity index (χ0v) is 8.72. The van der Waals surface area contributed by atoms with Crippen LogP contribution in [-0.4, -0.2) is 24.1 Å². The van der Waals surface area contributed by atoms with Crippen molar-refractivity contribution in [3.63, 3.8) is 0 Å². The zero-order chi connectivity index (χ0) is 10.8. The zero-order valence-electron chi connectivity index (χ0n) is 8.72. The van der Waals surface area contributed by atoms with Crippen molar-refractivity contribution in [2.45, 2.75) is 18.9 Å². The van der Waals surface area contributed by atoms with E-state index in [1.165, 1.54) is 12.8 Å². The van der Waals surface area contributed by atoms with Gasteiger partial charge in [0.2, 0.25) is 0 Å². The number of hydrogen-bond acceptors (Lipinski definition) is 3. The van der Waals surface area contributed by atoms with Crippen molar-refractivity contribution in [2.24, 2.45) is 10.9 Å². The Morgan fingerprint density at radius 2 is 2.13 bits per heavy atom. The molecule has 0 spiro atoms. The van der Waals surface area contributed by atoms with Gasteiger partial charge in [0.25, 0.3) is 0 Å². The lowest BCUT2D eigenvalue weighted by Gasteiger charge is -2.21. The number of benzene rings is 1. The molecule has 0 heterocycles. The molecule has 3 N–H and O–H groups in total. The molecule has 0 atom stereocenters. The molecule has 0 unspecified atom stereocenters. The highest BCUT2D eigenvalue weighted by molar-refractivity contribution is 6.02. The SMILES string of the molecule is CN(c1ccccc1/C(N)=N/O)C1CC1. The van der Waals surface area contributed by atoms with Gasteiger partial charge in [-0.25, -0.2) is 0 Å². The summed E-state index contributed by atoms with van der Waals surface area (Å²) in [6.45, 7) is 0. The van der Waals surface area contributed by atoms with Crippen molar-refractivity contribution in [3.8, 4) is 0 Å². The van der Waals surface area contributed by atoms with Crippen LogP contribution in [0.15, 0.2) is 29.4 Å².